The van der Waals surface area contributed by atoms with Crippen LogP contribution in [0.3, 0.4) is 0 Å². The highest BCUT2D eigenvalue weighted by Gasteiger charge is 2.47. The van der Waals surface area contributed by atoms with Crippen molar-refractivity contribution in [1.29, 1.82) is 0 Å². The summed E-state index contributed by atoms with van der Waals surface area (Å²) in [4.78, 5) is 28.8. The molecule has 1 amide bonds. The van der Waals surface area contributed by atoms with Crippen LogP contribution in [0.5, 0.6) is 0 Å². The monoisotopic (exact) mass is 386 g/mol. The molecule has 1 unspecified atom stereocenters. The predicted molar refractivity (Wildman–Crippen MR) is 102 cm³/mol. The molecular formula is C21H23FN2O4. The summed E-state index contributed by atoms with van der Waals surface area (Å²) in [6.07, 6.45) is 2.12. The zero-order valence-electron chi connectivity index (χ0n) is 16.1. The molecule has 0 saturated carbocycles. The van der Waals surface area contributed by atoms with Gasteiger partial charge in [0.1, 0.15) is 23.4 Å². The number of carbonyl (C=O) groups excluding carboxylic acids is 2. The number of aliphatic hydroxyl groups is 1. The van der Waals surface area contributed by atoms with E-state index in [1.54, 1.807) is 19.1 Å². The van der Waals surface area contributed by atoms with Crippen LogP contribution < -0.4 is 0 Å². The molecule has 1 aromatic carbocycles. The fourth-order valence-electron chi connectivity index (χ4n) is 3.36. The van der Waals surface area contributed by atoms with Gasteiger partial charge in [0, 0.05) is 12.1 Å². The minimum atomic E-state index is -0.817. The molecule has 1 saturated heterocycles. The van der Waals surface area contributed by atoms with E-state index in [9.17, 15) is 19.1 Å². The van der Waals surface area contributed by atoms with Gasteiger partial charge in [-0.25, -0.2) is 4.39 Å². The topological polar surface area (TPSA) is 74.0 Å². The van der Waals surface area contributed by atoms with Gasteiger partial charge in [-0.1, -0.05) is 0 Å². The number of amides is 1. The third-order valence-corrected chi connectivity index (χ3v) is 4.79. The number of aliphatic hydroxyl groups excluding tert-OH is 1. The lowest BCUT2D eigenvalue weighted by Crippen LogP contribution is -2.32. The number of likely N-dealkylation sites (tertiary alicyclic amines) is 1. The van der Waals surface area contributed by atoms with Crippen molar-refractivity contribution in [1.82, 2.24) is 9.80 Å². The van der Waals surface area contributed by atoms with E-state index in [0.717, 1.165) is 6.54 Å². The molecular weight excluding hydrogens is 363 g/mol. The molecule has 3 rings (SSSR count). The lowest BCUT2D eigenvalue weighted by molar-refractivity contribution is -0.140. The molecule has 1 fully saturated rings. The van der Waals surface area contributed by atoms with Crippen molar-refractivity contribution < 1.29 is 23.5 Å². The second-order valence-corrected chi connectivity index (χ2v) is 7.13. The van der Waals surface area contributed by atoms with Crippen LogP contribution in [0.2, 0.25) is 0 Å². The van der Waals surface area contributed by atoms with Crippen LogP contribution >= 0.6 is 0 Å². The maximum Gasteiger partial charge on any atom is 0.295 e. The number of nitrogens with zero attached hydrogens (tertiary/aromatic N) is 2. The van der Waals surface area contributed by atoms with Crippen LogP contribution in [0.25, 0.3) is 5.76 Å². The van der Waals surface area contributed by atoms with Gasteiger partial charge in [0.15, 0.2) is 0 Å². The van der Waals surface area contributed by atoms with E-state index in [2.05, 4.69) is 0 Å². The maximum absolute atomic E-state index is 13.6. The number of rotatable bonds is 6. The minimum Gasteiger partial charge on any atom is -0.507 e. The average Bonchev–Trinajstić information content (AvgIpc) is 3.25. The second kappa shape index (κ2) is 7.98. The number of hydrogen-bond donors (Lipinski definition) is 1. The van der Waals surface area contributed by atoms with E-state index in [4.69, 9.17) is 4.42 Å². The minimum absolute atomic E-state index is 0.0455. The summed E-state index contributed by atoms with van der Waals surface area (Å²) in [5, 5.41) is 10.8. The number of furan rings is 1. The molecule has 0 aliphatic carbocycles. The summed E-state index contributed by atoms with van der Waals surface area (Å²) < 4.78 is 19.1. The van der Waals surface area contributed by atoms with E-state index in [-0.39, 0.29) is 16.9 Å². The molecule has 148 valence electrons. The van der Waals surface area contributed by atoms with Crippen LogP contribution in [0.1, 0.15) is 29.3 Å². The lowest BCUT2D eigenvalue weighted by atomic mass is 9.98. The van der Waals surface area contributed by atoms with Gasteiger partial charge >= 0.3 is 0 Å². The quantitative estimate of drug-likeness (QED) is 0.469. The first-order chi connectivity index (χ1) is 13.3. The molecule has 1 aliphatic rings. The average molecular weight is 386 g/mol. The summed E-state index contributed by atoms with van der Waals surface area (Å²) in [6.45, 7) is 2.65. The highest BCUT2D eigenvalue weighted by atomic mass is 19.1. The first kappa shape index (κ1) is 19.8. The SMILES string of the molecule is Cc1cc(/C(O)=C2/C(=O)C(=O)N(CCCN(C)C)C2c2ccco2)ccc1F. The Bertz CT molecular complexity index is 918. The molecule has 0 radical (unpaired) electrons. The zero-order chi connectivity index (χ0) is 20.4. The smallest absolute Gasteiger partial charge is 0.295 e. The maximum atomic E-state index is 13.6. The van der Waals surface area contributed by atoms with E-state index in [1.165, 1.54) is 29.4 Å². The molecule has 2 aromatic rings. The van der Waals surface area contributed by atoms with Gasteiger partial charge in [0.25, 0.3) is 11.7 Å². The van der Waals surface area contributed by atoms with Gasteiger partial charge in [-0.3, -0.25) is 9.59 Å². The van der Waals surface area contributed by atoms with Crippen molar-refractivity contribution in [2.75, 3.05) is 27.2 Å². The Balaban J connectivity index is 2.05. The van der Waals surface area contributed by atoms with Gasteiger partial charge in [0.05, 0.1) is 11.8 Å². The Morgan fingerprint density at radius 2 is 2.04 bits per heavy atom. The van der Waals surface area contributed by atoms with Crippen LogP contribution in [-0.2, 0) is 9.59 Å². The number of halogens is 1. The third-order valence-electron chi connectivity index (χ3n) is 4.79. The van der Waals surface area contributed by atoms with Crippen LogP contribution in [0.15, 0.2) is 46.6 Å². The molecule has 2 heterocycles. The molecule has 1 aromatic heterocycles. The lowest BCUT2D eigenvalue weighted by Gasteiger charge is -2.24. The second-order valence-electron chi connectivity index (χ2n) is 7.13. The van der Waals surface area contributed by atoms with Gasteiger partial charge in [-0.2, -0.15) is 0 Å². The van der Waals surface area contributed by atoms with E-state index in [1.807, 2.05) is 19.0 Å². The summed E-state index contributed by atoms with van der Waals surface area (Å²) in [5.74, 6) is -1.81. The molecule has 6 nitrogen and oxygen atoms in total. The molecule has 1 atom stereocenters. The first-order valence-electron chi connectivity index (χ1n) is 9.04. The number of carbonyl (C=O) groups is 2. The van der Waals surface area contributed by atoms with Crippen molar-refractivity contribution in [2.45, 2.75) is 19.4 Å². The Kier molecular flexibility index (Phi) is 5.65. The largest absolute Gasteiger partial charge is 0.507 e. The van der Waals surface area contributed by atoms with Crippen molar-refractivity contribution in [3.8, 4) is 0 Å². The van der Waals surface area contributed by atoms with Crippen molar-refractivity contribution >= 4 is 17.4 Å². The number of hydrogen-bond acceptors (Lipinski definition) is 5. The summed E-state index contributed by atoms with van der Waals surface area (Å²) in [5.41, 5.74) is 0.566. The number of Topliss-reactive ketones (excluding diaryl/α,β-unsaturated/α-hetero) is 1. The third kappa shape index (κ3) is 3.71. The van der Waals surface area contributed by atoms with Gasteiger partial charge < -0.3 is 19.3 Å². The van der Waals surface area contributed by atoms with Crippen LogP contribution in [-0.4, -0.2) is 53.8 Å². The molecule has 7 heteroatoms. The molecule has 0 bridgehead atoms. The Hall–Kier alpha value is -2.93. The molecule has 28 heavy (non-hydrogen) atoms. The summed E-state index contributed by atoms with van der Waals surface area (Å²) in [7, 11) is 3.85. The van der Waals surface area contributed by atoms with Crippen LogP contribution in [0.4, 0.5) is 4.39 Å². The zero-order valence-corrected chi connectivity index (χ0v) is 16.1. The highest BCUT2D eigenvalue weighted by molar-refractivity contribution is 6.46. The fraction of sp³-hybridized carbons (Fsp3) is 0.333. The molecule has 1 N–H and O–H groups in total. The van der Waals surface area contributed by atoms with Gasteiger partial charge in [-0.15, -0.1) is 0 Å². The van der Waals surface area contributed by atoms with E-state index < -0.39 is 23.5 Å². The molecule has 1 aliphatic heterocycles. The van der Waals surface area contributed by atoms with Gasteiger partial charge in [-0.05, 0) is 69.9 Å². The summed E-state index contributed by atoms with van der Waals surface area (Å²) in [6, 6.07) is 6.57. The molecule has 0 spiro atoms. The van der Waals surface area contributed by atoms with Crippen molar-refractivity contribution in [3.05, 3.63) is 64.9 Å². The van der Waals surface area contributed by atoms with Crippen molar-refractivity contribution in [3.63, 3.8) is 0 Å². The van der Waals surface area contributed by atoms with Crippen LogP contribution in [0, 0.1) is 12.7 Å². The Morgan fingerprint density at radius 1 is 1.29 bits per heavy atom. The van der Waals surface area contributed by atoms with Crippen molar-refractivity contribution in [2.24, 2.45) is 0 Å². The standard InChI is InChI=1S/C21H23FN2O4/c1-13-12-14(7-8-15(13)22)19(25)17-18(16-6-4-11-28-16)24(21(27)20(17)26)10-5-9-23(2)3/h4,6-8,11-12,18,25H,5,9-10H2,1-3H3/b19-17-. The number of benzene rings is 1. The highest BCUT2D eigenvalue weighted by Crippen LogP contribution is 2.39. The number of ketones is 1. The fourth-order valence-corrected chi connectivity index (χ4v) is 3.36. The Morgan fingerprint density at radius 3 is 2.64 bits per heavy atom. The normalized spacial score (nSPS) is 19.0. The predicted octanol–water partition coefficient (Wildman–Crippen LogP) is 3.10. The van der Waals surface area contributed by atoms with E-state index >= 15 is 0 Å². The number of aryl methyl sites for hydroxylation is 1. The Labute approximate surface area is 162 Å². The van der Waals surface area contributed by atoms with E-state index in [0.29, 0.717) is 24.3 Å². The summed E-state index contributed by atoms with van der Waals surface area (Å²) >= 11 is 0. The first-order valence-corrected chi connectivity index (χ1v) is 9.04. The van der Waals surface area contributed by atoms with Gasteiger partial charge in [0.2, 0.25) is 0 Å².